The number of aromatic nitrogens is 1. The molecule has 2 atom stereocenters. The van der Waals surface area contributed by atoms with Gasteiger partial charge in [0.15, 0.2) is 0 Å². The first-order valence-corrected chi connectivity index (χ1v) is 6.78. The highest BCUT2D eigenvalue weighted by Gasteiger charge is 2.13. The minimum atomic E-state index is 0.229. The Hall–Kier alpha value is -0.900. The average Bonchev–Trinajstić information content (AvgIpc) is 2.77. The minimum absolute atomic E-state index is 0.229. The van der Waals surface area contributed by atoms with Gasteiger partial charge in [0.1, 0.15) is 0 Å². The molecule has 0 aliphatic heterocycles. The molecule has 17 heavy (non-hydrogen) atoms. The molecule has 2 aromatic rings. The van der Waals surface area contributed by atoms with Crippen LogP contribution in [0.15, 0.2) is 36.5 Å². The van der Waals surface area contributed by atoms with Crippen LogP contribution in [-0.4, -0.2) is 4.98 Å². The van der Waals surface area contributed by atoms with E-state index in [1.54, 1.807) is 11.3 Å². The van der Waals surface area contributed by atoms with Gasteiger partial charge in [-0.3, -0.25) is 4.98 Å². The maximum atomic E-state index is 5.94. The maximum Gasteiger partial charge on any atom is 0.0931 e. The molecule has 0 bridgehead atoms. The van der Waals surface area contributed by atoms with Crippen LogP contribution in [0.3, 0.4) is 0 Å². The average molecular weight is 267 g/mol. The fourth-order valence-electron chi connectivity index (χ4n) is 1.74. The Labute approximate surface area is 111 Å². The van der Waals surface area contributed by atoms with E-state index in [-0.39, 0.29) is 12.1 Å². The number of nitrogens with one attached hydrogen (secondary N) is 1. The Balaban J connectivity index is 2.02. The van der Waals surface area contributed by atoms with Crippen LogP contribution in [0.1, 0.15) is 36.5 Å². The molecule has 0 amide bonds. The number of hydrogen-bond donors (Lipinski definition) is 1. The molecule has 1 unspecified atom stereocenters. The number of pyridine rings is 1. The smallest absolute Gasteiger partial charge is 0.0931 e. The summed E-state index contributed by atoms with van der Waals surface area (Å²) in [6.07, 6.45) is 1.82. The van der Waals surface area contributed by atoms with E-state index >= 15 is 0 Å². The van der Waals surface area contributed by atoms with Gasteiger partial charge in [0.2, 0.25) is 0 Å². The third kappa shape index (κ3) is 3.28. The molecular weight excluding hydrogens is 252 g/mol. The Morgan fingerprint density at radius 3 is 2.59 bits per heavy atom. The Morgan fingerprint density at radius 1 is 1.18 bits per heavy atom. The van der Waals surface area contributed by atoms with E-state index in [1.165, 1.54) is 4.88 Å². The molecule has 2 rings (SSSR count). The minimum Gasteiger partial charge on any atom is -0.301 e. The SMILES string of the molecule is CC(N[C@@H](C)c1ccccn1)c1ccc(Cl)s1. The van der Waals surface area contributed by atoms with Crippen LogP contribution >= 0.6 is 22.9 Å². The van der Waals surface area contributed by atoms with Gasteiger partial charge in [0.05, 0.1) is 10.0 Å². The number of hydrogen-bond acceptors (Lipinski definition) is 3. The van der Waals surface area contributed by atoms with E-state index < -0.39 is 0 Å². The van der Waals surface area contributed by atoms with Crippen molar-refractivity contribution in [3.63, 3.8) is 0 Å². The molecule has 0 aliphatic carbocycles. The normalized spacial score (nSPS) is 14.5. The molecule has 2 nitrogen and oxygen atoms in total. The van der Waals surface area contributed by atoms with E-state index in [2.05, 4.69) is 30.2 Å². The van der Waals surface area contributed by atoms with Crippen LogP contribution in [0, 0.1) is 0 Å². The second-order valence-electron chi connectivity index (χ2n) is 4.01. The summed E-state index contributed by atoms with van der Waals surface area (Å²) in [5, 5.41) is 3.52. The zero-order valence-corrected chi connectivity index (χ0v) is 11.4. The summed E-state index contributed by atoms with van der Waals surface area (Å²) < 4.78 is 0.833. The predicted octanol–water partition coefficient (Wildman–Crippen LogP) is 4.21. The number of thiophene rings is 1. The summed E-state index contributed by atoms with van der Waals surface area (Å²) in [6, 6.07) is 10.5. The van der Waals surface area contributed by atoms with Gasteiger partial charge in [-0.1, -0.05) is 17.7 Å². The van der Waals surface area contributed by atoms with Gasteiger partial charge in [0.25, 0.3) is 0 Å². The number of rotatable bonds is 4. The van der Waals surface area contributed by atoms with Gasteiger partial charge in [0, 0.05) is 23.2 Å². The van der Waals surface area contributed by atoms with Crippen LogP contribution in [-0.2, 0) is 0 Å². The van der Waals surface area contributed by atoms with E-state index in [4.69, 9.17) is 11.6 Å². The fourth-order valence-corrected chi connectivity index (χ4v) is 2.81. The molecule has 1 N–H and O–H groups in total. The lowest BCUT2D eigenvalue weighted by molar-refractivity contribution is 0.491. The van der Waals surface area contributed by atoms with Crippen molar-refractivity contribution in [2.45, 2.75) is 25.9 Å². The molecule has 0 saturated carbocycles. The molecule has 90 valence electrons. The molecule has 0 saturated heterocycles. The van der Waals surface area contributed by atoms with Crippen molar-refractivity contribution in [1.82, 2.24) is 10.3 Å². The van der Waals surface area contributed by atoms with E-state index in [9.17, 15) is 0 Å². The zero-order chi connectivity index (χ0) is 12.3. The van der Waals surface area contributed by atoms with Crippen LogP contribution in [0.25, 0.3) is 0 Å². The van der Waals surface area contributed by atoms with Crippen molar-refractivity contribution in [3.8, 4) is 0 Å². The summed E-state index contributed by atoms with van der Waals surface area (Å²) in [6.45, 7) is 4.26. The molecule has 0 fully saturated rings. The van der Waals surface area contributed by atoms with Crippen molar-refractivity contribution in [1.29, 1.82) is 0 Å². The summed E-state index contributed by atoms with van der Waals surface area (Å²) in [5.74, 6) is 0. The van der Waals surface area contributed by atoms with Crippen molar-refractivity contribution in [3.05, 3.63) is 51.4 Å². The zero-order valence-electron chi connectivity index (χ0n) is 9.85. The second kappa shape index (κ2) is 5.63. The van der Waals surface area contributed by atoms with Gasteiger partial charge in [-0.05, 0) is 38.1 Å². The molecule has 0 aliphatic rings. The lowest BCUT2D eigenvalue weighted by atomic mass is 10.1. The van der Waals surface area contributed by atoms with E-state index in [0.717, 1.165) is 10.0 Å². The lowest BCUT2D eigenvalue weighted by Crippen LogP contribution is -2.22. The first-order chi connectivity index (χ1) is 8.16. The summed E-state index contributed by atoms with van der Waals surface area (Å²) in [4.78, 5) is 5.59. The highest BCUT2D eigenvalue weighted by molar-refractivity contribution is 7.16. The number of nitrogens with zero attached hydrogens (tertiary/aromatic N) is 1. The van der Waals surface area contributed by atoms with E-state index in [0.29, 0.717) is 0 Å². The topological polar surface area (TPSA) is 24.9 Å². The van der Waals surface area contributed by atoms with Crippen LogP contribution in [0.5, 0.6) is 0 Å². The molecule has 0 spiro atoms. The van der Waals surface area contributed by atoms with Crippen molar-refractivity contribution in [2.75, 3.05) is 0 Å². The fraction of sp³-hybridized carbons (Fsp3) is 0.308. The maximum absolute atomic E-state index is 5.94. The molecule has 2 heterocycles. The molecular formula is C13H15ClN2S. The van der Waals surface area contributed by atoms with Gasteiger partial charge >= 0.3 is 0 Å². The second-order valence-corrected chi connectivity index (χ2v) is 5.75. The van der Waals surface area contributed by atoms with Gasteiger partial charge < -0.3 is 5.32 Å². The first kappa shape index (κ1) is 12.6. The van der Waals surface area contributed by atoms with Crippen LogP contribution in [0.2, 0.25) is 4.34 Å². The van der Waals surface area contributed by atoms with Crippen molar-refractivity contribution < 1.29 is 0 Å². The number of halogens is 1. The first-order valence-electron chi connectivity index (χ1n) is 5.59. The largest absolute Gasteiger partial charge is 0.301 e. The highest BCUT2D eigenvalue weighted by Crippen LogP contribution is 2.28. The molecule has 0 radical (unpaired) electrons. The molecule has 2 aromatic heterocycles. The van der Waals surface area contributed by atoms with Crippen LogP contribution < -0.4 is 5.32 Å². The standard InChI is InChI=1S/C13H15ClN2S/c1-9(11-5-3-4-8-15-11)16-10(2)12-6-7-13(14)17-12/h3-10,16H,1-2H3/t9-,10?/m0/s1. The Bertz CT molecular complexity index is 469. The quantitative estimate of drug-likeness (QED) is 0.897. The summed E-state index contributed by atoms with van der Waals surface area (Å²) in [7, 11) is 0. The third-order valence-electron chi connectivity index (χ3n) is 2.65. The Kier molecular flexibility index (Phi) is 4.15. The van der Waals surface area contributed by atoms with Gasteiger partial charge in [-0.15, -0.1) is 11.3 Å². The predicted molar refractivity (Wildman–Crippen MR) is 73.5 cm³/mol. The van der Waals surface area contributed by atoms with Gasteiger partial charge in [-0.25, -0.2) is 0 Å². The van der Waals surface area contributed by atoms with Gasteiger partial charge in [-0.2, -0.15) is 0 Å². The summed E-state index contributed by atoms with van der Waals surface area (Å²) >= 11 is 7.55. The third-order valence-corrected chi connectivity index (χ3v) is 4.07. The van der Waals surface area contributed by atoms with Crippen LogP contribution in [0.4, 0.5) is 0 Å². The highest BCUT2D eigenvalue weighted by atomic mass is 35.5. The van der Waals surface area contributed by atoms with Crippen molar-refractivity contribution in [2.24, 2.45) is 0 Å². The monoisotopic (exact) mass is 266 g/mol. The lowest BCUT2D eigenvalue weighted by Gasteiger charge is -2.18. The van der Waals surface area contributed by atoms with E-state index in [1.807, 2.05) is 30.5 Å². The Morgan fingerprint density at radius 2 is 2.00 bits per heavy atom. The molecule has 4 heteroatoms. The summed E-state index contributed by atoms with van der Waals surface area (Å²) in [5.41, 5.74) is 1.06. The van der Waals surface area contributed by atoms with Crippen molar-refractivity contribution >= 4 is 22.9 Å². The molecule has 0 aromatic carbocycles.